The number of nitrogens with one attached hydrogen (secondary N) is 3. The number of guanidine groups is 1. The maximum Gasteiger partial charge on any atom is 0.253 e. The van der Waals surface area contributed by atoms with Crippen LogP contribution in [0.5, 0.6) is 0 Å². The third-order valence-electron chi connectivity index (χ3n) is 4.68. The fraction of sp³-hybridized carbons (Fsp3) is 0.364. The van der Waals surface area contributed by atoms with Crippen LogP contribution in [-0.2, 0) is 22.6 Å². The Morgan fingerprint density at radius 3 is 2.54 bits per heavy atom. The first-order chi connectivity index (χ1) is 13.6. The standard InChI is InChI=1S/C22H28N4O2/c1-16-8-10-17(11-9-16)14-24-22(23-2)25-15-18-5-3-6-19(13-18)26-21(27)20-7-4-12-28-20/h3,5-6,8-11,13,20H,4,7,12,14-15H2,1-2H3,(H,26,27)(H2,23,24,25). The van der Waals surface area contributed by atoms with Crippen molar-refractivity contribution in [1.82, 2.24) is 10.6 Å². The Labute approximate surface area is 166 Å². The molecule has 3 N–H and O–H groups in total. The van der Waals surface area contributed by atoms with Gasteiger partial charge in [0.2, 0.25) is 0 Å². The van der Waals surface area contributed by atoms with Gasteiger partial charge in [-0.1, -0.05) is 42.0 Å². The smallest absolute Gasteiger partial charge is 0.253 e. The largest absolute Gasteiger partial charge is 0.368 e. The highest BCUT2D eigenvalue weighted by molar-refractivity contribution is 5.94. The molecule has 0 aromatic heterocycles. The average molecular weight is 380 g/mol. The molecule has 28 heavy (non-hydrogen) atoms. The average Bonchev–Trinajstić information content (AvgIpc) is 3.25. The number of aryl methyl sites for hydroxylation is 1. The lowest BCUT2D eigenvalue weighted by Crippen LogP contribution is -2.36. The van der Waals surface area contributed by atoms with E-state index in [1.807, 2.05) is 24.3 Å². The van der Waals surface area contributed by atoms with E-state index in [1.54, 1.807) is 7.05 Å². The first kappa shape index (κ1) is 19.9. The Hall–Kier alpha value is -2.86. The van der Waals surface area contributed by atoms with Crippen LogP contribution in [0.3, 0.4) is 0 Å². The minimum absolute atomic E-state index is 0.0711. The molecule has 0 spiro atoms. The van der Waals surface area contributed by atoms with E-state index in [4.69, 9.17) is 4.74 Å². The summed E-state index contributed by atoms with van der Waals surface area (Å²) < 4.78 is 5.43. The van der Waals surface area contributed by atoms with Crippen LogP contribution in [0.4, 0.5) is 5.69 Å². The van der Waals surface area contributed by atoms with Gasteiger partial charge in [-0.15, -0.1) is 0 Å². The highest BCUT2D eigenvalue weighted by Gasteiger charge is 2.23. The van der Waals surface area contributed by atoms with Gasteiger partial charge >= 0.3 is 0 Å². The van der Waals surface area contributed by atoms with Crippen molar-refractivity contribution in [3.63, 3.8) is 0 Å². The van der Waals surface area contributed by atoms with Crippen LogP contribution in [0.2, 0.25) is 0 Å². The van der Waals surface area contributed by atoms with Gasteiger partial charge in [0.15, 0.2) is 5.96 Å². The van der Waals surface area contributed by atoms with Crippen molar-refractivity contribution in [2.45, 2.75) is 39.0 Å². The monoisotopic (exact) mass is 380 g/mol. The topological polar surface area (TPSA) is 74.8 Å². The minimum atomic E-state index is -0.327. The Morgan fingerprint density at radius 1 is 1.11 bits per heavy atom. The van der Waals surface area contributed by atoms with Crippen molar-refractivity contribution >= 4 is 17.6 Å². The first-order valence-electron chi connectivity index (χ1n) is 9.65. The van der Waals surface area contributed by atoms with E-state index in [-0.39, 0.29) is 12.0 Å². The van der Waals surface area contributed by atoms with Gasteiger partial charge in [-0.25, -0.2) is 0 Å². The van der Waals surface area contributed by atoms with Crippen LogP contribution in [0.25, 0.3) is 0 Å². The number of amides is 1. The third kappa shape index (κ3) is 5.82. The van der Waals surface area contributed by atoms with Gasteiger partial charge < -0.3 is 20.7 Å². The highest BCUT2D eigenvalue weighted by atomic mass is 16.5. The summed E-state index contributed by atoms with van der Waals surface area (Å²) >= 11 is 0. The number of nitrogens with zero attached hydrogens (tertiary/aromatic N) is 1. The molecule has 1 unspecified atom stereocenters. The third-order valence-corrected chi connectivity index (χ3v) is 4.68. The van der Waals surface area contributed by atoms with E-state index in [2.05, 4.69) is 52.1 Å². The lowest BCUT2D eigenvalue weighted by Gasteiger charge is -2.14. The zero-order chi connectivity index (χ0) is 19.8. The van der Waals surface area contributed by atoms with Gasteiger partial charge in [-0.2, -0.15) is 0 Å². The van der Waals surface area contributed by atoms with Gasteiger partial charge in [-0.05, 0) is 43.0 Å². The molecule has 1 amide bonds. The molecule has 1 aliphatic heterocycles. The van der Waals surface area contributed by atoms with Crippen molar-refractivity contribution in [3.05, 3.63) is 65.2 Å². The molecule has 6 nitrogen and oxygen atoms in total. The van der Waals surface area contributed by atoms with Crippen molar-refractivity contribution in [1.29, 1.82) is 0 Å². The molecule has 0 bridgehead atoms. The van der Waals surface area contributed by atoms with Crippen molar-refractivity contribution in [2.75, 3.05) is 19.0 Å². The number of carbonyl (C=O) groups excluding carboxylic acids is 1. The molecule has 1 fully saturated rings. The number of benzene rings is 2. The maximum absolute atomic E-state index is 12.2. The first-order valence-corrected chi connectivity index (χ1v) is 9.65. The predicted octanol–water partition coefficient (Wildman–Crippen LogP) is 2.98. The maximum atomic E-state index is 12.2. The Bertz CT molecular complexity index is 812. The van der Waals surface area contributed by atoms with E-state index in [0.29, 0.717) is 19.7 Å². The second kappa shape index (κ2) is 9.90. The summed E-state index contributed by atoms with van der Waals surface area (Å²) in [4.78, 5) is 16.5. The molecule has 0 saturated carbocycles. The number of ether oxygens (including phenoxy) is 1. The minimum Gasteiger partial charge on any atom is -0.368 e. The molecule has 6 heteroatoms. The SMILES string of the molecule is CN=C(NCc1ccc(C)cc1)NCc1cccc(NC(=O)C2CCCO2)c1. The number of aliphatic imine (C=N–C) groups is 1. The van der Waals surface area contributed by atoms with Crippen LogP contribution in [0.15, 0.2) is 53.5 Å². The number of hydrogen-bond acceptors (Lipinski definition) is 3. The van der Waals surface area contributed by atoms with E-state index in [9.17, 15) is 4.79 Å². The zero-order valence-corrected chi connectivity index (χ0v) is 16.5. The molecule has 2 aromatic carbocycles. The van der Waals surface area contributed by atoms with Crippen LogP contribution in [-0.4, -0.2) is 31.6 Å². The van der Waals surface area contributed by atoms with Crippen LogP contribution >= 0.6 is 0 Å². The molecule has 148 valence electrons. The quantitative estimate of drug-likeness (QED) is 0.532. The Kier molecular flexibility index (Phi) is 7.03. The molecule has 3 rings (SSSR count). The zero-order valence-electron chi connectivity index (χ0n) is 16.5. The normalized spacial score (nSPS) is 16.6. The molecule has 1 saturated heterocycles. The number of carbonyl (C=O) groups is 1. The van der Waals surface area contributed by atoms with E-state index in [1.165, 1.54) is 11.1 Å². The van der Waals surface area contributed by atoms with Crippen molar-refractivity contribution in [3.8, 4) is 0 Å². The Balaban J connectivity index is 1.49. The number of anilines is 1. The van der Waals surface area contributed by atoms with Gasteiger partial charge in [0.25, 0.3) is 5.91 Å². The predicted molar refractivity (Wildman–Crippen MR) is 112 cm³/mol. The summed E-state index contributed by atoms with van der Waals surface area (Å²) in [5.74, 6) is 0.660. The second-order valence-electron chi connectivity index (χ2n) is 6.96. The van der Waals surface area contributed by atoms with Gasteiger partial charge in [0, 0.05) is 32.4 Å². The molecule has 1 heterocycles. The lowest BCUT2D eigenvalue weighted by atomic mass is 10.1. The molecule has 0 aliphatic carbocycles. The van der Waals surface area contributed by atoms with E-state index >= 15 is 0 Å². The Morgan fingerprint density at radius 2 is 1.86 bits per heavy atom. The number of hydrogen-bond donors (Lipinski definition) is 3. The van der Waals surface area contributed by atoms with Crippen LogP contribution in [0.1, 0.15) is 29.5 Å². The highest BCUT2D eigenvalue weighted by Crippen LogP contribution is 2.16. The summed E-state index contributed by atoms with van der Waals surface area (Å²) in [6.07, 6.45) is 1.40. The molecule has 1 atom stereocenters. The second-order valence-corrected chi connectivity index (χ2v) is 6.96. The molecular weight excluding hydrogens is 352 g/mol. The summed E-state index contributed by atoms with van der Waals surface area (Å²) in [6, 6.07) is 16.2. The molecule has 0 radical (unpaired) electrons. The van der Waals surface area contributed by atoms with Crippen molar-refractivity contribution < 1.29 is 9.53 Å². The van der Waals surface area contributed by atoms with Gasteiger partial charge in [0.05, 0.1) is 0 Å². The number of rotatable bonds is 6. The fourth-order valence-corrected chi connectivity index (χ4v) is 3.06. The molecule has 1 aliphatic rings. The summed E-state index contributed by atoms with van der Waals surface area (Å²) in [7, 11) is 1.75. The van der Waals surface area contributed by atoms with E-state index in [0.717, 1.165) is 30.1 Å². The van der Waals surface area contributed by atoms with Crippen molar-refractivity contribution in [2.24, 2.45) is 4.99 Å². The van der Waals surface area contributed by atoms with Gasteiger partial charge in [0.1, 0.15) is 6.10 Å². The van der Waals surface area contributed by atoms with Gasteiger partial charge in [-0.3, -0.25) is 9.79 Å². The lowest BCUT2D eigenvalue weighted by molar-refractivity contribution is -0.124. The fourth-order valence-electron chi connectivity index (χ4n) is 3.06. The summed E-state index contributed by atoms with van der Waals surface area (Å²) in [5.41, 5.74) is 4.29. The van der Waals surface area contributed by atoms with E-state index < -0.39 is 0 Å². The van der Waals surface area contributed by atoms with Crippen LogP contribution in [0, 0.1) is 6.92 Å². The van der Waals surface area contributed by atoms with Crippen LogP contribution < -0.4 is 16.0 Å². The summed E-state index contributed by atoms with van der Waals surface area (Å²) in [6.45, 7) is 4.06. The molecular formula is C22H28N4O2. The molecule has 2 aromatic rings. The summed E-state index contributed by atoms with van der Waals surface area (Å²) in [5, 5.41) is 9.56.